The molecule has 1 saturated heterocycles. The van der Waals surface area contributed by atoms with Gasteiger partial charge in [-0.05, 0) is 56.1 Å². The molecule has 2 atom stereocenters. The van der Waals surface area contributed by atoms with Gasteiger partial charge in [0.15, 0.2) is 0 Å². The summed E-state index contributed by atoms with van der Waals surface area (Å²) in [5.74, 6) is 0.311. The Kier molecular flexibility index (Phi) is 4.23. The maximum absolute atomic E-state index is 12.7. The van der Waals surface area contributed by atoms with Crippen molar-refractivity contribution in [3.8, 4) is 0 Å². The predicted octanol–water partition coefficient (Wildman–Crippen LogP) is 1.48. The van der Waals surface area contributed by atoms with Crippen LogP contribution in [-0.2, 0) is 11.4 Å². The van der Waals surface area contributed by atoms with E-state index in [4.69, 9.17) is 5.11 Å². The van der Waals surface area contributed by atoms with Gasteiger partial charge in [-0.1, -0.05) is 0 Å². The van der Waals surface area contributed by atoms with Crippen LogP contribution in [0.15, 0.2) is 18.3 Å². The number of likely N-dealkylation sites (tertiary alicyclic amines) is 1. The molecule has 2 N–H and O–H groups in total. The Morgan fingerprint density at radius 3 is 2.88 bits per heavy atom. The molecule has 1 aromatic heterocycles. The highest BCUT2D eigenvalue weighted by Crippen LogP contribution is 2.59. The molecule has 134 valence electrons. The Bertz CT molecular complexity index is 686. The van der Waals surface area contributed by atoms with Crippen molar-refractivity contribution in [1.82, 2.24) is 15.2 Å². The molecule has 3 fully saturated rings. The van der Waals surface area contributed by atoms with Crippen molar-refractivity contribution in [3.63, 3.8) is 0 Å². The first-order valence-corrected chi connectivity index (χ1v) is 9.24. The quantitative estimate of drug-likeness (QED) is 0.868. The topological polar surface area (TPSA) is 82.5 Å². The van der Waals surface area contributed by atoms with Crippen molar-refractivity contribution in [2.75, 3.05) is 13.1 Å². The number of nitrogens with one attached hydrogen (secondary N) is 1. The lowest BCUT2D eigenvalue weighted by Gasteiger charge is -2.21. The fourth-order valence-corrected chi connectivity index (χ4v) is 4.36. The lowest BCUT2D eigenvalue weighted by Crippen LogP contribution is -2.40. The van der Waals surface area contributed by atoms with E-state index >= 15 is 0 Å². The van der Waals surface area contributed by atoms with E-state index in [1.807, 2.05) is 4.90 Å². The van der Waals surface area contributed by atoms with Crippen molar-refractivity contribution in [2.24, 2.45) is 11.3 Å². The first-order valence-electron chi connectivity index (χ1n) is 9.24. The number of hydrogen-bond donors (Lipinski definition) is 2. The van der Waals surface area contributed by atoms with Gasteiger partial charge in [-0.3, -0.25) is 14.6 Å². The van der Waals surface area contributed by atoms with Gasteiger partial charge in [-0.2, -0.15) is 0 Å². The van der Waals surface area contributed by atoms with Crippen LogP contribution >= 0.6 is 0 Å². The molecule has 1 unspecified atom stereocenters. The first-order chi connectivity index (χ1) is 12.1. The normalized spacial score (nSPS) is 26.8. The Labute approximate surface area is 147 Å². The fraction of sp³-hybridized carbons (Fsp3) is 0.632. The summed E-state index contributed by atoms with van der Waals surface area (Å²) in [6.07, 6.45) is 8.25. The van der Waals surface area contributed by atoms with Crippen LogP contribution in [0.25, 0.3) is 0 Å². The Morgan fingerprint density at radius 1 is 1.32 bits per heavy atom. The maximum atomic E-state index is 12.7. The lowest BCUT2D eigenvalue weighted by molar-refractivity contribution is -0.134. The average molecular weight is 343 g/mol. The monoisotopic (exact) mass is 343 g/mol. The molecule has 1 aromatic rings. The van der Waals surface area contributed by atoms with Crippen LogP contribution in [-0.4, -0.2) is 45.9 Å². The van der Waals surface area contributed by atoms with Crippen molar-refractivity contribution >= 4 is 11.8 Å². The summed E-state index contributed by atoms with van der Waals surface area (Å²) in [5.41, 5.74) is 1.49. The van der Waals surface area contributed by atoms with Crippen molar-refractivity contribution in [2.45, 2.75) is 51.2 Å². The van der Waals surface area contributed by atoms with E-state index in [1.165, 1.54) is 25.5 Å². The Balaban J connectivity index is 1.31. The summed E-state index contributed by atoms with van der Waals surface area (Å²) in [7, 11) is 0. The van der Waals surface area contributed by atoms with E-state index in [0.29, 0.717) is 23.2 Å². The zero-order valence-corrected chi connectivity index (χ0v) is 14.4. The van der Waals surface area contributed by atoms with Gasteiger partial charge in [-0.15, -0.1) is 0 Å². The highest BCUT2D eigenvalue weighted by Gasteiger charge is 2.50. The van der Waals surface area contributed by atoms with Gasteiger partial charge in [0.05, 0.1) is 12.3 Å². The van der Waals surface area contributed by atoms with Gasteiger partial charge in [0.25, 0.3) is 5.91 Å². The third kappa shape index (κ3) is 3.40. The first kappa shape index (κ1) is 16.5. The molecular weight excluding hydrogens is 318 g/mol. The molecule has 4 rings (SSSR count). The van der Waals surface area contributed by atoms with Gasteiger partial charge < -0.3 is 15.3 Å². The molecule has 2 amide bonds. The fourth-order valence-electron chi connectivity index (χ4n) is 4.36. The number of aromatic nitrogens is 1. The Morgan fingerprint density at radius 2 is 2.16 bits per heavy atom. The van der Waals surface area contributed by atoms with E-state index in [-0.39, 0.29) is 30.4 Å². The molecule has 2 aliphatic carbocycles. The minimum absolute atomic E-state index is 0.00141. The molecule has 0 radical (unpaired) electrons. The van der Waals surface area contributed by atoms with Crippen LogP contribution in [0.4, 0.5) is 0 Å². The molecule has 0 aromatic carbocycles. The van der Waals surface area contributed by atoms with Gasteiger partial charge in [-0.25, -0.2) is 0 Å². The largest absolute Gasteiger partial charge is 0.390 e. The standard InChI is InChI=1S/C19H25N3O3/c23-12-16-9-13(2-7-20-16)17(24)21-15-3-8-22(11-15)18(25)14-1-4-19(10-14)5-6-19/h2,7,9,14-15,23H,1,3-6,8,10-12H2,(H,21,24)/t14?,15-/m1/s1. The van der Waals surface area contributed by atoms with Gasteiger partial charge >= 0.3 is 0 Å². The summed E-state index contributed by atoms with van der Waals surface area (Å²) in [6, 6.07) is 3.24. The summed E-state index contributed by atoms with van der Waals surface area (Å²) in [6.45, 7) is 1.15. The van der Waals surface area contributed by atoms with E-state index in [2.05, 4.69) is 10.3 Å². The number of amides is 2. The van der Waals surface area contributed by atoms with Crippen LogP contribution in [0.2, 0.25) is 0 Å². The second kappa shape index (κ2) is 6.41. The number of carbonyl (C=O) groups is 2. The minimum atomic E-state index is -0.185. The molecule has 6 nitrogen and oxygen atoms in total. The SMILES string of the molecule is O=C(N[C@@H]1CCN(C(=O)C2CCC3(CC3)C2)C1)c1ccnc(CO)c1. The predicted molar refractivity (Wildman–Crippen MR) is 91.6 cm³/mol. The smallest absolute Gasteiger partial charge is 0.251 e. The van der Waals surface area contributed by atoms with Gasteiger partial charge in [0.2, 0.25) is 5.91 Å². The zero-order chi connectivity index (χ0) is 17.4. The molecule has 2 heterocycles. The molecule has 3 aliphatic rings. The maximum Gasteiger partial charge on any atom is 0.251 e. The molecule has 25 heavy (non-hydrogen) atoms. The number of aliphatic hydroxyl groups is 1. The molecule has 1 aliphatic heterocycles. The second-order valence-electron chi connectivity index (χ2n) is 7.88. The van der Waals surface area contributed by atoms with Crippen molar-refractivity contribution in [1.29, 1.82) is 0 Å². The third-order valence-electron chi connectivity index (χ3n) is 6.08. The summed E-state index contributed by atoms with van der Waals surface area (Å²) >= 11 is 0. The van der Waals surface area contributed by atoms with Crippen molar-refractivity contribution < 1.29 is 14.7 Å². The third-order valence-corrected chi connectivity index (χ3v) is 6.08. The van der Waals surface area contributed by atoms with Crippen LogP contribution in [0.3, 0.4) is 0 Å². The molecule has 2 saturated carbocycles. The number of carbonyl (C=O) groups excluding carboxylic acids is 2. The number of hydrogen-bond acceptors (Lipinski definition) is 4. The van der Waals surface area contributed by atoms with Crippen LogP contribution in [0.1, 0.15) is 54.6 Å². The molecule has 1 spiro atoms. The Hall–Kier alpha value is -1.95. The number of nitrogens with zero attached hydrogens (tertiary/aromatic N) is 2. The van der Waals surface area contributed by atoms with Crippen molar-refractivity contribution in [3.05, 3.63) is 29.6 Å². The van der Waals surface area contributed by atoms with E-state index in [9.17, 15) is 9.59 Å². The highest BCUT2D eigenvalue weighted by molar-refractivity contribution is 5.94. The van der Waals surface area contributed by atoms with E-state index < -0.39 is 0 Å². The van der Waals surface area contributed by atoms with E-state index in [1.54, 1.807) is 12.1 Å². The van der Waals surface area contributed by atoms with Crippen LogP contribution in [0.5, 0.6) is 0 Å². The summed E-state index contributed by atoms with van der Waals surface area (Å²) in [4.78, 5) is 31.0. The van der Waals surface area contributed by atoms with Gasteiger partial charge in [0.1, 0.15) is 0 Å². The number of pyridine rings is 1. The van der Waals surface area contributed by atoms with Gasteiger partial charge in [0, 0.05) is 36.8 Å². The molecule has 0 bridgehead atoms. The number of rotatable bonds is 4. The molecular formula is C19H25N3O3. The van der Waals surface area contributed by atoms with E-state index in [0.717, 1.165) is 25.8 Å². The highest BCUT2D eigenvalue weighted by atomic mass is 16.3. The van der Waals surface area contributed by atoms with Crippen LogP contribution in [0, 0.1) is 11.3 Å². The summed E-state index contributed by atoms with van der Waals surface area (Å²) < 4.78 is 0. The average Bonchev–Trinajstić information content (AvgIpc) is 3.04. The van der Waals surface area contributed by atoms with Crippen LogP contribution < -0.4 is 5.32 Å². The second-order valence-corrected chi connectivity index (χ2v) is 7.88. The molecule has 6 heteroatoms. The lowest BCUT2D eigenvalue weighted by atomic mass is 10.0. The minimum Gasteiger partial charge on any atom is -0.390 e. The summed E-state index contributed by atoms with van der Waals surface area (Å²) in [5, 5.41) is 12.1. The zero-order valence-electron chi connectivity index (χ0n) is 14.4. The number of aliphatic hydroxyl groups excluding tert-OH is 1.